The van der Waals surface area contributed by atoms with Gasteiger partial charge in [-0.05, 0) is 91.4 Å². The molecular formula is C43H47F2N7O9. The third kappa shape index (κ3) is 9.14. The number of rotatable bonds is 15. The molecule has 1 aliphatic rings. The second kappa shape index (κ2) is 18.0. The summed E-state index contributed by atoms with van der Waals surface area (Å²) in [6.07, 6.45) is -1.73. The number of benzene rings is 3. The number of hydrogen-bond acceptors (Lipinski definition) is 12. The predicted octanol–water partition coefficient (Wildman–Crippen LogP) is 4.68. The Balaban J connectivity index is 1.13. The fraction of sp³-hybridized carbons (Fsp3) is 0.372. The summed E-state index contributed by atoms with van der Waals surface area (Å²) in [5, 5.41) is 54.3. The van der Waals surface area contributed by atoms with Crippen molar-refractivity contribution in [2.24, 2.45) is 11.8 Å². The van der Waals surface area contributed by atoms with E-state index in [0.717, 1.165) is 6.20 Å². The van der Waals surface area contributed by atoms with Gasteiger partial charge in [0.2, 0.25) is 5.82 Å². The van der Waals surface area contributed by atoms with Gasteiger partial charge in [0.1, 0.15) is 35.1 Å². The molecular weight excluding hydrogens is 797 g/mol. The van der Waals surface area contributed by atoms with Crippen LogP contribution in [0.2, 0.25) is 0 Å². The van der Waals surface area contributed by atoms with E-state index >= 15 is 0 Å². The van der Waals surface area contributed by atoms with E-state index in [-0.39, 0.29) is 64.6 Å². The van der Waals surface area contributed by atoms with Gasteiger partial charge in [-0.3, -0.25) is 23.5 Å². The summed E-state index contributed by atoms with van der Waals surface area (Å²) in [5.74, 6) is -6.17. The molecule has 2 aromatic heterocycles. The van der Waals surface area contributed by atoms with Gasteiger partial charge < -0.3 is 35.8 Å². The molecule has 61 heavy (non-hydrogen) atoms. The Bertz CT molecular complexity index is 2470. The quantitative estimate of drug-likeness (QED) is 0.0844. The Labute approximate surface area is 348 Å². The molecule has 4 atom stereocenters. The smallest absolute Gasteiger partial charge is 0.348 e. The van der Waals surface area contributed by atoms with Crippen LogP contribution >= 0.6 is 0 Å². The number of nitrogens with zero attached hydrogens (tertiary/aromatic N) is 5. The van der Waals surface area contributed by atoms with E-state index in [1.54, 1.807) is 63.2 Å². The fourth-order valence-corrected chi connectivity index (χ4v) is 7.27. The summed E-state index contributed by atoms with van der Waals surface area (Å²) < 4.78 is 37.7. The molecule has 2 amide bonds. The zero-order valence-electron chi connectivity index (χ0n) is 34.0. The van der Waals surface area contributed by atoms with E-state index in [2.05, 4.69) is 25.8 Å². The third-order valence-corrected chi connectivity index (χ3v) is 10.6. The van der Waals surface area contributed by atoms with Crippen molar-refractivity contribution in [3.05, 3.63) is 106 Å². The highest BCUT2D eigenvalue weighted by molar-refractivity contribution is 5.98. The number of aromatic nitrogens is 5. The van der Waals surface area contributed by atoms with Crippen molar-refractivity contribution >= 4 is 17.6 Å². The summed E-state index contributed by atoms with van der Waals surface area (Å²) in [5.41, 5.74) is 0.500. The fourth-order valence-electron chi connectivity index (χ4n) is 7.27. The van der Waals surface area contributed by atoms with Crippen LogP contribution in [0.1, 0.15) is 85.2 Å². The average Bonchev–Trinajstić information content (AvgIpc) is 3.75. The number of aromatic hydroxyl groups is 2. The molecule has 0 unspecified atom stereocenters. The first-order chi connectivity index (χ1) is 28.9. The lowest BCUT2D eigenvalue weighted by Gasteiger charge is -2.23. The maximum absolute atomic E-state index is 14.7. The van der Waals surface area contributed by atoms with Crippen molar-refractivity contribution in [2.75, 3.05) is 13.2 Å². The molecule has 16 nitrogen and oxygen atoms in total. The maximum atomic E-state index is 14.7. The van der Waals surface area contributed by atoms with E-state index in [1.165, 1.54) is 28.8 Å². The van der Waals surface area contributed by atoms with Crippen molar-refractivity contribution in [1.29, 1.82) is 0 Å². The number of nitrogens with one attached hydrogen (secondary N) is 2. The monoisotopic (exact) mass is 843 g/mol. The molecule has 1 fully saturated rings. The number of hydrogen-bond donors (Lipinski definition) is 6. The number of alkyl halides is 2. The molecule has 6 N–H and O–H groups in total. The number of aliphatic hydroxyl groups excluding tert-OH is 2. The van der Waals surface area contributed by atoms with Crippen LogP contribution in [0.3, 0.4) is 0 Å². The van der Waals surface area contributed by atoms with E-state index in [0.29, 0.717) is 33.9 Å². The molecule has 0 radical (unpaired) electrons. The van der Waals surface area contributed by atoms with E-state index in [9.17, 15) is 48.4 Å². The van der Waals surface area contributed by atoms with Gasteiger partial charge in [-0.2, -0.15) is 4.98 Å². The summed E-state index contributed by atoms with van der Waals surface area (Å²) >= 11 is 0. The van der Waals surface area contributed by atoms with Gasteiger partial charge >= 0.3 is 5.69 Å². The minimum atomic E-state index is -3.68. The number of ketones is 1. The number of phenolic OH excluding ortho intramolecular Hbond substituents is 2. The Kier molecular flexibility index (Phi) is 13.0. The van der Waals surface area contributed by atoms with Gasteiger partial charge in [-0.15, -0.1) is 10.2 Å². The lowest BCUT2D eigenvalue weighted by molar-refractivity contribution is -0.123. The Morgan fingerprint density at radius 1 is 0.934 bits per heavy atom. The minimum absolute atomic E-state index is 0.0164. The van der Waals surface area contributed by atoms with E-state index in [4.69, 9.17) is 4.74 Å². The van der Waals surface area contributed by atoms with Crippen molar-refractivity contribution in [1.82, 2.24) is 34.9 Å². The highest BCUT2D eigenvalue weighted by Gasteiger charge is 2.57. The molecule has 18 heteroatoms. The SMILES string of the molecule is CCNC(=O)c1nnc(-c2cc(C(C)C)c(O)cc2O)n1-c1ccc(Oc2ccc(C(=O)N[C@H](C(=O)Cc3ccn([C@@H]4C[C@H](CO)[C@@H](O)C4(F)F)c(=O)n3)C(C)C)cc2)cc1. The number of amides is 2. The highest BCUT2D eigenvalue weighted by Crippen LogP contribution is 2.46. The first-order valence-corrected chi connectivity index (χ1v) is 19.7. The van der Waals surface area contributed by atoms with Crippen LogP contribution in [0.25, 0.3) is 17.1 Å². The summed E-state index contributed by atoms with van der Waals surface area (Å²) in [7, 11) is 0. The number of carbonyl (C=O) groups excluding carboxylic acids is 3. The number of phenols is 2. The van der Waals surface area contributed by atoms with Gasteiger partial charge in [0, 0.05) is 42.6 Å². The second-order valence-electron chi connectivity index (χ2n) is 15.5. The third-order valence-electron chi connectivity index (χ3n) is 10.6. The molecule has 6 rings (SSSR count). The van der Waals surface area contributed by atoms with E-state index < -0.39 is 59.9 Å². The molecule has 3 aromatic carbocycles. The van der Waals surface area contributed by atoms with Crippen LogP contribution in [0.5, 0.6) is 23.0 Å². The molecule has 1 aliphatic carbocycles. The number of ether oxygens (including phenoxy) is 1. The van der Waals surface area contributed by atoms with E-state index in [1.807, 2.05) is 13.8 Å². The first kappa shape index (κ1) is 44.0. The second-order valence-corrected chi connectivity index (χ2v) is 15.5. The van der Waals surface area contributed by atoms with Crippen LogP contribution in [-0.2, 0) is 11.2 Å². The predicted molar refractivity (Wildman–Crippen MR) is 217 cm³/mol. The molecule has 5 aromatic rings. The van der Waals surface area contributed by atoms with Crippen LogP contribution in [-0.4, -0.2) is 93.6 Å². The standard InChI is InChI=1S/C43H47F2N7O9/c1-6-46-41(59)39-50-49-38(31-19-30(22(2)3)32(54)20-33(31)55)52(39)27-9-13-29(14-10-27)61-28-11-7-24(8-12-28)40(58)48-36(23(4)5)34(56)18-26-15-16-51(42(60)47-26)35-17-25(21-53)37(57)43(35,44)45/h7-16,19-20,22-23,25,35-37,53-55,57H,6,17-18,21H2,1-5H3,(H,46,59)(H,48,58)/t25-,35-,36+,37-/m1/s1. The van der Waals surface area contributed by atoms with Crippen LogP contribution in [0, 0.1) is 11.8 Å². The van der Waals surface area contributed by atoms with Crippen molar-refractivity contribution in [2.45, 2.75) is 77.5 Å². The molecule has 322 valence electrons. The minimum Gasteiger partial charge on any atom is -0.508 e. The number of aliphatic hydroxyl groups is 2. The summed E-state index contributed by atoms with van der Waals surface area (Å²) in [6, 6.07) is 14.2. The molecule has 0 spiro atoms. The lowest BCUT2D eigenvalue weighted by atomic mass is 9.96. The first-order valence-electron chi connectivity index (χ1n) is 19.7. The Morgan fingerprint density at radius 3 is 2.16 bits per heavy atom. The Morgan fingerprint density at radius 2 is 1.59 bits per heavy atom. The zero-order valence-corrected chi connectivity index (χ0v) is 34.0. The van der Waals surface area contributed by atoms with Gasteiger partial charge in [-0.1, -0.05) is 27.7 Å². The largest absolute Gasteiger partial charge is 0.508 e. The van der Waals surface area contributed by atoms with Crippen LogP contribution in [0.15, 0.2) is 77.7 Å². The van der Waals surface area contributed by atoms with Crippen molar-refractivity contribution in [3.8, 4) is 40.1 Å². The summed E-state index contributed by atoms with van der Waals surface area (Å²) in [4.78, 5) is 56.3. The molecule has 0 bridgehead atoms. The van der Waals surface area contributed by atoms with Gasteiger partial charge in [0.05, 0.1) is 23.7 Å². The maximum Gasteiger partial charge on any atom is 0.348 e. The number of Topliss-reactive ketones (excluding diaryl/α,β-unsaturated/α-hetero) is 1. The van der Waals surface area contributed by atoms with Gasteiger partial charge in [0.15, 0.2) is 11.6 Å². The van der Waals surface area contributed by atoms with Crippen molar-refractivity contribution < 1.29 is 48.3 Å². The number of halogens is 2. The average molecular weight is 844 g/mol. The van der Waals surface area contributed by atoms with Gasteiger partial charge in [-0.25, -0.2) is 13.6 Å². The Hall–Kier alpha value is -6.53. The molecule has 2 heterocycles. The van der Waals surface area contributed by atoms with Crippen LogP contribution in [0.4, 0.5) is 8.78 Å². The normalized spacial score (nSPS) is 17.7. The van der Waals surface area contributed by atoms with Crippen LogP contribution < -0.4 is 21.1 Å². The van der Waals surface area contributed by atoms with Crippen molar-refractivity contribution in [3.63, 3.8) is 0 Å². The molecule has 0 aliphatic heterocycles. The summed E-state index contributed by atoms with van der Waals surface area (Å²) in [6.45, 7) is 8.66. The highest BCUT2D eigenvalue weighted by atomic mass is 19.3. The lowest BCUT2D eigenvalue weighted by Crippen LogP contribution is -2.45. The van der Waals surface area contributed by atoms with Gasteiger partial charge in [0.25, 0.3) is 17.7 Å². The number of carbonyl (C=O) groups is 3. The zero-order chi connectivity index (χ0) is 44.3. The molecule has 1 saturated carbocycles. The topological polar surface area (TPSA) is 231 Å². The molecule has 0 saturated heterocycles.